The minimum Gasteiger partial charge on any atom is -0.0622 e. The summed E-state index contributed by atoms with van der Waals surface area (Å²) < 4.78 is 0. The van der Waals surface area contributed by atoms with Crippen molar-refractivity contribution in [2.24, 2.45) is 0 Å². The van der Waals surface area contributed by atoms with Gasteiger partial charge in [-0.05, 0) is 57.6 Å². The summed E-state index contributed by atoms with van der Waals surface area (Å²) in [5.41, 5.74) is 5.98. The van der Waals surface area contributed by atoms with Gasteiger partial charge in [-0.2, -0.15) is 0 Å². The Bertz CT molecular complexity index is 1560. The average molecular weight is 549 g/mol. The quantitative estimate of drug-likeness (QED) is 0.133. The molecule has 6 aromatic carbocycles. The summed E-state index contributed by atoms with van der Waals surface area (Å²) in [5.74, 6) is 0. The molecule has 0 fully saturated rings. The van der Waals surface area contributed by atoms with E-state index in [4.69, 9.17) is 0 Å². The molecule has 6 rings (SSSR count). The van der Waals surface area contributed by atoms with E-state index in [0.717, 1.165) is 0 Å². The Morgan fingerprint density at radius 3 is 1.17 bits per heavy atom. The van der Waals surface area contributed by atoms with Gasteiger partial charge in [0.1, 0.15) is 0 Å². The minimum atomic E-state index is -1.76. The highest BCUT2D eigenvalue weighted by atomic mass is 28.3. The maximum absolute atomic E-state index is 2.48. The first-order valence-electron chi connectivity index (χ1n) is 15.3. The van der Waals surface area contributed by atoms with Gasteiger partial charge in [-0.3, -0.25) is 0 Å². The Hall–Kier alpha value is -3.94. The molecule has 0 radical (unpaired) electrons. The predicted molar refractivity (Wildman–Crippen MR) is 180 cm³/mol. The molecule has 41 heavy (non-hydrogen) atoms. The third kappa shape index (κ3) is 7.23. The molecule has 0 aliphatic carbocycles. The molecular formula is C40H40Si. The van der Waals surface area contributed by atoms with Crippen LogP contribution >= 0.6 is 0 Å². The fourth-order valence-electron chi connectivity index (χ4n) is 6.73. The fraction of sp³-hybridized carbons (Fsp3) is 0.200. The van der Waals surface area contributed by atoms with Crippen molar-refractivity contribution >= 4 is 29.6 Å². The second-order valence-electron chi connectivity index (χ2n) is 11.9. The van der Waals surface area contributed by atoms with Crippen LogP contribution in [-0.2, 0) is 24.9 Å². The third-order valence-corrected chi connectivity index (χ3v) is 14.0. The number of hydrogen-bond donors (Lipinski definition) is 0. The van der Waals surface area contributed by atoms with E-state index in [1.165, 1.54) is 93.7 Å². The van der Waals surface area contributed by atoms with E-state index >= 15 is 0 Å². The van der Waals surface area contributed by atoms with Crippen LogP contribution in [0.25, 0.3) is 21.5 Å². The fourth-order valence-corrected chi connectivity index (χ4v) is 11.8. The first-order valence-corrected chi connectivity index (χ1v) is 18.1. The molecular weight excluding hydrogens is 509 g/mol. The molecule has 0 aliphatic rings. The van der Waals surface area contributed by atoms with Crippen molar-refractivity contribution in [2.45, 2.75) is 49.9 Å². The number of hydrogen-bond acceptors (Lipinski definition) is 0. The van der Waals surface area contributed by atoms with E-state index in [2.05, 4.69) is 146 Å². The molecule has 204 valence electrons. The summed E-state index contributed by atoms with van der Waals surface area (Å²) in [5, 5.41) is 5.41. The van der Waals surface area contributed by atoms with Crippen LogP contribution in [0.15, 0.2) is 146 Å². The number of rotatable bonds is 12. The molecule has 0 nitrogen and oxygen atoms in total. The van der Waals surface area contributed by atoms with Gasteiger partial charge >= 0.3 is 0 Å². The largest absolute Gasteiger partial charge is 0.0623 e. The van der Waals surface area contributed by atoms with Crippen molar-refractivity contribution < 1.29 is 0 Å². The second kappa shape index (κ2) is 13.1. The van der Waals surface area contributed by atoms with E-state index in [1.54, 1.807) is 0 Å². The molecule has 0 spiro atoms. The van der Waals surface area contributed by atoms with E-state index < -0.39 is 8.07 Å². The van der Waals surface area contributed by atoms with Crippen LogP contribution in [0.1, 0.15) is 35.1 Å². The van der Waals surface area contributed by atoms with Crippen molar-refractivity contribution in [1.29, 1.82) is 0 Å². The summed E-state index contributed by atoms with van der Waals surface area (Å²) in [4.78, 5) is 0. The van der Waals surface area contributed by atoms with Crippen LogP contribution in [-0.4, -0.2) is 8.07 Å². The molecule has 6 aromatic rings. The summed E-state index contributed by atoms with van der Waals surface area (Å²) in [6.07, 6.45) is 4.87. The summed E-state index contributed by atoms with van der Waals surface area (Å²) in [6, 6.07) is 59.5. The molecule has 0 saturated heterocycles. The molecule has 0 amide bonds. The predicted octanol–water partition coefficient (Wildman–Crippen LogP) is 10.6. The zero-order chi connectivity index (χ0) is 27.7. The van der Waals surface area contributed by atoms with Gasteiger partial charge in [-0.1, -0.05) is 182 Å². The highest BCUT2D eigenvalue weighted by Crippen LogP contribution is 2.32. The van der Waals surface area contributed by atoms with Crippen molar-refractivity contribution in [3.8, 4) is 0 Å². The topological polar surface area (TPSA) is 0 Å². The lowest BCUT2D eigenvalue weighted by molar-refractivity contribution is 0.837. The first-order chi connectivity index (χ1) is 20.2. The van der Waals surface area contributed by atoms with Crippen molar-refractivity contribution in [2.75, 3.05) is 0 Å². The van der Waals surface area contributed by atoms with Crippen molar-refractivity contribution in [3.05, 3.63) is 168 Å². The zero-order valence-corrected chi connectivity index (χ0v) is 25.0. The van der Waals surface area contributed by atoms with E-state index in [9.17, 15) is 0 Å². The highest BCUT2D eigenvalue weighted by molar-refractivity contribution is 6.78. The minimum absolute atomic E-state index is 1.17. The lowest BCUT2D eigenvalue weighted by Crippen LogP contribution is -2.41. The highest BCUT2D eigenvalue weighted by Gasteiger charge is 2.33. The van der Waals surface area contributed by atoms with Gasteiger partial charge in [0.25, 0.3) is 0 Å². The van der Waals surface area contributed by atoms with Gasteiger partial charge in [-0.15, -0.1) is 0 Å². The molecule has 1 heteroatoms. The third-order valence-electron chi connectivity index (χ3n) is 8.82. The van der Waals surface area contributed by atoms with Crippen LogP contribution < -0.4 is 0 Å². The maximum Gasteiger partial charge on any atom is 0.0623 e. The summed E-state index contributed by atoms with van der Waals surface area (Å²) in [7, 11) is -1.76. The van der Waals surface area contributed by atoms with Gasteiger partial charge in [0.05, 0.1) is 8.07 Å². The van der Waals surface area contributed by atoms with E-state index in [1.807, 2.05) is 0 Å². The number of aryl methyl sites for hydroxylation is 2. The molecule has 0 aliphatic heterocycles. The molecule has 0 N–H and O–H groups in total. The Morgan fingerprint density at radius 1 is 0.341 bits per heavy atom. The average Bonchev–Trinajstić information content (AvgIpc) is 3.02. The Morgan fingerprint density at radius 2 is 0.732 bits per heavy atom. The Balaban J connectivity index is 1.33. The van der Waals surface area contributed by atoms with Crippen LogP contribution in [0.2, 0.25) is 12.1 Å². The number of benzene rings is 6. The van der Waals surface area contributed by atoms with Crippen molar-refractivity contribution in [1.82, 2.24) is 0 Å². The summed E-state index contributed by atoms with van der Waals surface area (Å²) in [6.45, 7) is 0. The van der Waals surface area contributed by atoms with Gasteiger partial charge in [0.2, 0.25) is 0 Å². The molecule has 0 heterocycles. The second-order valence-corrected chi connectivity index (χ2v) is 16.6. The SMILES string of the molecule is c1ccc(CCC[Si](CCCc2ccccc2)(Cc2ccc3ccccc3c2)Cc2ccc3ccccc3c2)cc1. The lowest BCUT2D eigenvalue weighted by Gasteiger charge is -2.33. The molecule has 0 saturated carbocycles. The smallest absolute Gasteiger partial charge is 0.0622 e. The van der Waals surface area contributed by atoms with E-state index in [0.29, 0.717) is 0 Å². The molecule has 0 aromatic heterocycles. The molecule has 0 atom stereocenters. The van der Waals surface area contributed by atoms with E-state index in [-0.39, 0.29) is 0 Å². The van der Waals surface area contributed by atoms with Crippen LogP contribution in [0.3, 0.4) is 0 Å². The van der Waals surface area contributed by atoms with Crippen LogP contribution in [0.4, 0.5) is 0 Å². The van der Waals surface area contributed by atoms with Crippen LogP contribution in [0.5, 0.6) is 0 Å². The van der Waals surface area contributed by atoms with Gasteiger partial charge in [0, 0.05) is 0 Å². The van der Waals surface area contributed by atoms with Gasteiger partial charge in [0.15, 0.2) is 0 Å². The summed E-state index contributed by atoms with van der Waals surface area (Å²) >= 11 is 0. The van der Waals surface area contributed by atoms with Gasteiger partial charge in [-0.25, -0.2) is 0 Å². The maximum atomic E-state index is 2.48. The monoisotopic (exact) mass is 548 g/mol. The normalized spacial score (nSPS) is 11.7. The molecule has 0 bridgehead atoms. The Kier molecular flexibility index (Phi) is 8.73. The Labute approximate surface area is 246 Å². The first kappa shape index (κ1) is 27.2. The molecule has 0 unspecified atom stereocenters. The number of fused-ring (bicyclic) bond motifs is 2. The van der Waals surface area contributed by atoms with Crippen molar-refractivity contribution in [3.63, 3.8) is 0 Å². The zero-order valence-electron chi connectivity index (χ0n) is 24.0. The van der Waals surface area contributed by atoms with Gasteiger partial charge < -0.3 is 0 Å². The standard InChI is InChI=1S/C40H40Si/c1-3-13-33(14-4-1)17-11-27-41(28-12-18-34-15-5-2-6-16-34,31-35-23-25-37-19-7-9-21-39(37)29-35)32-36-24-26-38-20-8-10-22-40(38)30-36/h1-10,13-16,19-26,29-30H,11-12,17-18,27-28,31-32H2. The van der Waals surface area contributed by atoms with Crippen LogP contribution in [0, 0.1) is 0 Å². The lowest BCUT2D eigenvalue weighted by atomic mass is 10.1.